The van der Waals surface area contributed by atoms with Crippen molar-refractivity contribution in [3.8, 4) is 0 Å². The number of carbonyl (C=O) groups excluding carboxylic acids is 2. The quantitative estimate of drug-likeness (QED) is 0.255. The van der Waals surface area contributed by atoms with E-state index in [0.29, 0.717) is 13.0 Å². The lowest BCUT2D eigenvalue weighted by atomic mass is 10.1. The second-order valence-corrected chi connectivity index (χ2v) is 12.1. The Morgan fingerprint density at radius 1 is 0.925 bits per heavy atom. The van der Waals surface area contributed by atoms with Gasteiger partial charge < -0.3 is 10.2 Å². The number of halogens is 1. The van der Waals surface area contributed by atoms with Gasteiger partial charge in [-0.05, 0) is 56.5 Å². The van der Waals surface area contributed by atoms with Crippen LogP contribution in [0.4, 0.5) is 5.69 Å². The fraction of sp³-hybridized carbons (Fsp3) is 0.355. The highest BCUT2D eigenvalue weighted by atomic mass is 35.5. The molecular weight excluding hydrogens is 546 g/mol. The van der Waals surface area contributed by atoms with E-state index >= 15 is 0 Å². The van der Waals surface area contributed by atoms with Crippen molar-refractivity contribution >= 4 is 39.1 Å². The molecule has 1 N–H and O–H groups in total. The minimum absolute atomic E-state index is 0.0420. The lowest BCUT2D eigenvalue weighted by Crippen LogP contribution is -2.52. The average Bonchev–Trinajstić information content (AvgIpc) is 2.92. The molecule has 3 aromatic rings. The Labute approximate surface area is 243 Å². The molecule has 0 aliphatic carbocycles. The molecule has 0 aromatic heterocycles. The predicted molar refractivity (Wildman–Crippen MR) is 161 cm³/mol. The summed E-state index contributed by atoms with van der Waals surface area (Å²) in [5.74, 6) is -0.766. The van der Waals surface area contributed by atoms with Crippen LogP contribution in [-0.2, 0) is 26.2 Å². The number of hydrogen-bond donors (Lipinski definition) is 1. The number of rotatable bonds is 13. The van der Waals surface area contributed by atoms with E-state index in [2.05, 4.69) is 5.32 Å². The largest absolute Gasteiger partial charge is 0.354 e. The summed E-state index contributed by atoms with van der Waals surface area (Å²) in [5, 5.41) is 3.13. The molecule has 9 heteroatoms. The second-order valence-electron chi connectivity index (χ2n) is 9.86. The van der Waals surface area contributed by atoms with Crippen LogP contribution in [0.1, 0.15) is 49.8 Å². The first-order valence-electron chi connectivity index (χ1n) is 13.5. The van der Waals surface area contributed by atoms with E-state index in [1.807, 2.05) is 52.0 Å². The van der Waals surface area contributed by atoms with Crippen LogP contribution in [0.2, 0.25) is 5.02 Å². The normalized spacial score (nSPS) is 12.0. The van der Waals surface area contributed by atoms with Gasteiger partial charge in [0.05, 0.1) is 15.6 Å². The van der Waals surface area contributed by atoms with E-state index in [4.69, 9.17) is 11.6 Å². The molecule has 2 amide bonds. The van der Waals surface area contributed by atoms with E-state index in [1.54, 1.807) is 36.4 Å². The van der Waals surface area contributed by atoms with Crippen molar-refractivity contribution in [1.82, 2.24) is 10.2 Å². The van der Waals surface area contributed by atoms with Crippen LogP contribution in [0, 0.1) is 13.8 Å². The maximum absolute atomic E-state index is 14.1. The summed E-state index contributed by atoms with van der Waals surface area (Å²) < 4.78 is 28.9. The number of unbranched alkanes of at least 4 members (excludes halogenated alkanes) is 1. The number of sulfonamides is 1. The minimum atomic E-state index is -4.17. The van der Waals surface area contributed by atoms with Gasteiger partial charge in [-0.15, -0.1) is 0 Å². The van der Waals surface area contributed by atoms with E-state index in [-0.39, 0.29) is 28.1 Å². The molecule has 0 aliphatic rings. The SMILES string of the molecule is CCCCNC(=O)C(CC)N(Cc1cccc(C)c1)C(=O)CN(c1ccccc1Cl)S(=O)(=O)c1ccc(C)cc1. The Morgan fingerprint density at radius 3 is 2.25 bits per heavy atom. The molecule has 0 aliphatic heterocycles. The molecule has 0 heterocycles. The van der Waals surface area contributed by atoms with E-state index in [0.717, 1.165) is 33.8 Å². The summed E-state index contributed by atoms with van der Waals surface area (Å²) in [5.41, 5.74) is 2.96. The number of para-hydroxylation sites is 1. The zero-order valence-electron chi connectivity index (χ0n) is 23.6. The predicted octanol–water partition coefficient (Wildman–Crippen LogP) is 5.88. The summed E-state index contributed by atoms with van der Waals surface area (Å²) in [6.07, 6.45) is 2.11. The topological polar surface area (TPSA) is 86.8 Å². The fourth-order valence-electron chi connectivity index (χ4n) is 4.44. The number of nitrogens with zero attached hydrogens (tertiary/aromatic N) is 2. The van der Waals surface area contributed by atoms with Gasteiger partial charge in [0.2, 0.25) is 11.8 Å². The van der Waals surface area contributed by atoms with Crippen LogP contribution in [0.15, 0.2) is 77.7 Å². The fourth-order valence-corrected chi connectivity index (χ4v) is 6.16. The molecular formula is C31H38ClN3O4S. The highest BCUT2D eigenvalue weighted by molar-refractivity contribution is 7.92. The lowest BCUT2D eigenvalue weighted by Gasteiger charge is -2.33. The Balaban J connectivity index is 2.05. The highest BCUT2D eigenvalue weighted by Crippen LogP contribution is 2.31. The van der Waals surface area contributed by atoms with Gasteiger partial charge in [0.15, 0.2) is 0 Å². The summed E-state index contributed by atoms with van der Waals surface area (Å²) in [7, 11) is -4.17. The first kappa shape index (κ1) is 31.2. The summed E-state index contributed by atoms with van der Waals surface area (Å²) in [6, 6.07) is 19.9. The van der Waals surface area contributed by atoms with E-state index < -0.39 is 28.5 Å². The Hall–Kier alpha value is -3.36. The average molecular weight is 584 g/mol. The summed E-state index contributed by atoms with van der Waals surface area (Å²) >= 11 is 6.46. The summed E-state index contributed by atoms with van der Waals surface area (Å²) in [6.45, 7) is 7.84. The van der Waals surface area contributed by atoms with Crippen molar-refractivity contribution in [2.45, 2.75) is 64.4 Å². The highest BCUT2D eigenvalue weighted by Gasteiger charge is 2.34. The monoisotopic (exact) mass is 583 g/mol. The Bertz CT molecular complexity index is 1410. The Morgan fingerprint density at radius 2 is 1.62 bits per heavy atom. The lowest BCUT2D eigenvalue weighted by molar-refractivity contribution is -0.140. The smallest absolute Gasteiger partial charge is 0.264 e. The van der Waals surface area contributed by atoms with Gasteiger partial charge in [-0.2, -0.15) is 0 Å². The van der Waals surface area contributed by atoms with Crippen LogP contribution in [-0.4, -0.2) is 44.3 Å². The van der Waals surface area contributed by atoms with Crippen molar-refractivity contribution in [1.29, 1.82) is 0 Å². The number of amides is 2. The number of hydrogen-bond acceptors (Lipinski definition) is 4. The maximum Gasteiger partial charge on any atom is 0.264 e. The van der Waals surface area contributed by atoms with Crippen molar-refractivity contribution < 1.29 is 18.0 Å². The van der Waals surface area contributed by atoms with Crippen molar-refractivity contribution in [3.63, 3.8) is 0 Å². The third-order valence-corrected chi connectivity index (χ3v) is 8.75. The maximum atomic E-state index is 14.1. The third kappa shape index (κ3) is 7.86. The first-order valence-corrected chi connectivity index (χ1v) is 15.4. The standard InChI is InChI=1S/C31H38ClN3O4S/c1-5-7-19-33-31(37)28(6-2)34(21-25-12-10-11-24(4)20-25)30(36)22-35(29-14-9-8-13-27(29)32)40(38,39)26-17-15-23(3)16-18-26/h8-18,20,28H,5-7,19,21-22H2,1-4H3,(H,33,37). The molecule has 1 atom stereocenters. The van der Waals surface area contributed by atoms with Crippen molar-refractivity contribution in [2.24, 2.45) is 0 Å². The van der Waals surface area contributed by atoms with Gasteiger partial charge in [0.25, 0.3) is 10.0 Å². The Kier molecular flexibility index (Phi) is 11.2. The number of anilines is 1. The molecule has 0 spiro atoms. The van der Waals surface area contributed by atoms with Crippen LogP contribution in [0.25, 0.3) is 0 Å². The molecule has 3 aromatic carbocycles. The number of aryl methyl sites for hydroxylation is 2. The number of benzene rings is 3. The molecule has 0 saturated heterocycles. The third-order valence-electron chi connectivity index (χ3n) is 6.66. The molecule has 0 saturated carbocycles. The molecule has 7 nitrogen and oxygen atoms in total. The molecule has 0 fully saturated rings. The molecule has 0 bridgehead atoms. The number of carbonyl (C=O) groups is 2. The van der Waals surface area contributed by atoms with Gasteiger partial charge in [-0.25, -0.2) is 8.42 Å². The van der Waals surface area contributed by atoms with E-state index in [9.17, 15) is 18.0 Å². The number of nitrogens with one attached hydrogen (secondary N) is 1. The van der Waals surface area contributed by atoms with Gasteiger partial charge in [-0.3, -0.25) is 13.9 Å². The van der Waals surface area contributed by atoms with Gasteiger partial charge in [0.1, 0.15) is 12.6 Å². The molecule has 40 heavy (non-hydrogen) atoms. The van der Waals surface area contributed by atoms with Gasteiger partial charge in [-0.1, -0.05) is 91.5 Å². The zero-order chi connectivity index (χ0) is 29.3. The minimum Gasteiger partial charge on any atom is -0.354 e. The van der Waals surface area contributed by atoms with Gasteiger partial charge in [0, 0.05) is 13.1 Å². The summed E-state index contributed by atoms with van der Waals surface area (Å²) in [4.78, 5) is 28.9. The van der Waals surface area contributed by atoms with Crippen molar-refractivity contribution in [2.75, 3.05) is 17.4 Å². The van der Waals surface area contributed by atoms with E-state index in [1.165, 1.54) is 17.0 Å². The molecule has 3 rings (SSSR count). The van der Waals surface area contributed by atoms with Crippen LogP contribution in [0.3, 0.4) is 0 Å². The van der Waals surface area contributed by atoms with Crippen LogP contribution in [0.5, 0.6) is 0 Å². The van der Waals surface area contributed by atoms with Gasteiger partial charge >= 0.3 is 0 Å². The van der Waals surface area contributed by atoms with Crippen LogP contribution >= 0.6 is 11.6 Å². The zero-order valence-corrected chi connectivity index (χ0v) is 25.1. The molecule has 1 unspecified atom stereocenters. The second kappa shape index (κ2) is 14.3. The van der Waals surface area contributed by atoms with Crippen molar-refractivity contribution in [3.05, 3.63) is 94.5 Å². The van der Waals surface area contributed by atoms with Crippen LogP contribution < -0.4 is 9.62 Å². The molecule has 214 valence electrons. The first-order chi connectivity index (χ1) is 19.1. The molecule has 0 radical (unpaired) electrons.